The minimum Gasteiger partial charge on any atom is -0.484 e. The Bertz CT molecular complexity index is 847. The molecule has 0 atom stereocenters. The fourth-order valence-electron chi connectivity index (χ4n) is 2.33. The van der Waals surface area contributed by atoms with E-state index in [1.54, 1.807) is 41.3 Å². The average Bonchev–Trinajstić information content (AvgIpc) is 3.01. The number of carbonyl (C=O) groups excluding carboxylic acids is 1. The number of halogens is 1. The van der Waals surface area contributed by atoms with Gasteiger partial charge in [-0.25, -0.2) is 0 Å². The minimum atomic E-state index is -0.217. The van der Waals surface area contributed by atoms with Gasteiger partial charge in [0, 0.05) is 30.0 Å². The van der Waals surface area contributed by atoms with Crippen LogP contribution in [0.4, 0.5) is 0 Å². The molecule has 0 aliphatic heterocycles. The molecule has 3 rings (SSSR count). The second-order valence-corrected chi connectivity index (χ2v) is 5.84. The Morgan fingerprint density at radius 1 is 1.20 bits per heavy atom. The zero-order chi connectivity index (χ0) is 17.6. The summed E-state index contributed by atoms with van der Waals surface area (Å²) < 4.78 is 7.19. The van der Waals surface area contributed by atoms with Crippen LogP contribution in [0.1, 0.15) is 5.69 Å². The number of nitrogens with one attached hydrogen (secondary N) is 1. The van der Waals surface area contributed by atoms with Gasteiger partial charge in [-0.15, -0.1) is 0 Å². The van der Waals surface area contributed by atoms with E-state index in [1.807, 2.05) is 25.2 Å². The third-order valence-corrected chi connectivity index (χ3v) is 3.81. The molecule has 1 N–H and O–H groups in total. The molecule has 0 unspecified atom stereocenters. The summed E-state index contributed by atoms with van der Waals surface area (Å²) >= 11 is 5.80. The lowest BCUT2D eigenvalue weighted by Gasteiger charge is -2.06. The summed E-state index contributed by atoms with van der Waals surface area (Å²) in [5.41, 5.74) is 2.76. The Hall–Kier alpha value is -2.86. The van der Waals surface area contributed by atoms with Crippen molar-refractivity contribution in [3.63, 3.8) is 0 Å². The highest BCUT2D eigenvalue weighted by molar-refractivity contribution is 6.30. The highest BCUT2D eigenvalue weighted by Gasteiger charge is 2.09. The molecule has 7 heteroatoms. The summed E-state index contributed by atoms with van der Waals surface area (Å²) in [6, 6.07) is 12.6. The largest absolute Gasteiger partial charge is 0.484 e. The van der Waals surface area contributed by atoms with Crippen molar-refractivity contribution in [3.8, 4) is 17.0 Å². The molecule has 25 heavy (non-hydrogen) atoms. The highest BCUT2D eigenvalue weighted by Crippen LogP contribution is 2.18. The molecule has 0 spiro atoms. The first-order chi connectivity index (χ1) is 12.1. The van der Waals surface area contributed by atoms with Gasteiger partial charge in [0.2, 0.25) is 0 Å². The molecule has 2 heterocycles. The van der Waals surface area contributed by atoms with Crippen molar-refractivity contribution in [3.05, 3.63) is 65.6 Å². The number of aromatic nitrogens is 3. The quantitative estimate of drug-likeness (QED) is 0.737. The monoisotopic (exact) mass is 356 g/mol. The van der Waals surface area contributed by atoms with Crippen molar-refractivity contribution in [2.24, 2.45) is 7.05 Å². The smallest absolute Gasteiger partial charge is 0.258 e. The third kappa shape index (κ3) is 4.58. The number of pyridine rings is 1. The molecule has 0 saturated carbocycles. The summed E-state index contributed by atoms with van der Waals surface area (Å²) in [7, 11) is 1.87. The predicted molar refractivity (Wildman–Crippen MR) is 95.2 cm³/mol. The van der Waals surface area contributed by atoms with E-state index in [0.29, 0.717) is 17.3 Å². The van der Waals surface area contributed by atoms with Gasteiger partial charge in [-0.1, -0.05) is 11.6 Å². The molecule has 0 saturated heterocycles. The van der Waals surface area contributed by atoms with Gasteiger partial charge in [0.1, 0.15) is 5.75 Å². The van der Waals surface area contributed by atoms with Gasteiger partial charge >= 0.3 is 0 Å². The maximum absolute atomic E-state index is 11.9. The fourth-order valence-corrected chi connectivity index (χ4v) is 2.45. The van der Waals surface area contributed by atoms with Crippen molar-refractivity contribution in [2.75, 3.05) is 6.61 Å². The first-order valence-electron chi connectivity index (χ1n) is 7.70. The Balaban J connectivity index is 1.53. The third-order valence-electron chi connectivity index (χ3n) is 3.56. The molecule has 1 amide bonds. The standard InChI is InChI=1S/C18H17ClN4O2/c1-23-17(13-6-8-20-9-7-13)10-15(22-23)11-21-18(24)12-25-16-4-2-14(19)3-5-16/h2-10H,11-12H2,1H3,(H,21,24). The molecule has 0 bridgehead atoms. The van der Waals surface area contributed by atoms with E-state index in [-0.39, 0.29) is 12.5 Å². The van der Waals surface area contributed by atoms with Crippen LogP contribution in [-0.4, -0.2) is 27.3 Å². The molecule has 128 valence electrons. The fraction of sp³-hybridized carbons (Fsp3) is 0.167. The molecule has 2 aromatic heterocycles. The molecule has 0 aliphatic carbocycles. The van der Waals surface area contributed by atoms with Crippen LogP contribution in [0.25, 0.3) is 11.3 Å². The van der Waals surface area contributed by atoms with Crippen LogP contribution < -0.4 is 10.1 Å². The van der Waals surface area contributed by atoms with Crippen LogP contribution >= 0.6 is 11.6 Å². The second-order valence-electron chi connectivity index (χ2n) is 5.40. The van der Waals surface area contributed by atoms with Gasteiger partial charge in [0.25, 0.3) is 5.91 Å². The highest BCUT2D eigenvalue weighted by atomic mass is 35.5. The van der Waals surface area contributed by atoms with Crippen LogP contribution in [0.3, 0.4) is 0 Å². The van der Waals surface area contributed by atoms with Crippen LogP contribution in [0.15, 0.2) is 54.9 Å². The Kier molecular flexibility index (Phi) is 5.30. The summed E-state index contributed by atoms with van der Waals surface area (Å²) in [6.07, 6.45) is 3.47. The number of nitrogens with zero attached hydrogens (tertiary/aromatic N) is 3. The van der Waals surface area contributed by atoms with Crippen molar-refractivity contribution in [2.45, 2.75) is 6.54 Å². The second kappa shape index (κ2) is 7.81. The number of rotatable bonds is 6. The van der Waals surface area contributed by atoms with Crippen LogP contribution in [0, 0.1) is 0 Å². The molecular formula is C18H17ClN4O2. The van der Waals surface area contributed by atoms with E-state index in [9.17, 15) is 4.79 Å². The number of hydrogen-bond donors (Lipinski definition) is 1. The van der Waals surface area contributed by atoms with Crippen LogP contribution in [-0.2, 0) is 18.4 Å². The molecule has 0 fully saturated rings. The first kappa shape index (κ1) is 17.0. The van der Waals surface area contributed by atoms with Gasteiger partial charge < -0.3 is 10.1 Å². The Morgan fingerprint density at radius 3 is 2.64 bits per heavy atom. The number of carbonyl (C=O) groups is 1. The van der Waals surface area contributed by atoms with E-state index in [2.05, 4.69) is 15.4 Å². The zero-order valence-corrected chi connectivity index (χ0v) is 14.4. The molecule has 0 aliphatic rings. The molecular weight excluding hydrogens is 340 g/mol. The van der Waals surface area contributed by atoms with Crippen LogP contribution in [0.2, 0.25) is 5.02 Å². The topological polar surface area (TPSA) is 69.0 Å². The summed E-state index contributed by atoms with van der Waals surface area (Å²) in [4.78, 5) is 15.9. The summed E-state index contributed by atoms with van der Waals surface area (Å²) in [6.45, 7) is 0.271. The van der Waals surface area contributed by atoms with Crippen molar-refractivity contribution < 1.29 is 9.53 Å². The molecule has 0 radical (unpaired) electrons. The average molecular weight is 357 g/mol. The maximum Gasteiger partial charge on any atom is 0.258 e. The number of benzene rings is 1. The van der Waals surface area contributed by atoms with Crippen molar-refractivity contribution >= 4 is 17.5 Å². The predicted octanol–water partition coefficient (Wildman–Crippen LogP) is 2.83. The van der Waals surface area contributed by atoms with Gasteiger partial charge in [-0.05, 0) is 42.5 Å². The number of hydrogen-bond acceptors (Lipinski definition) is 4. The zero-order valence-electron chi connectivity index (χ0n) is 13.6. The first-order valence-corrected chi connectivity index (χ1v) is 8.08. The normalized spacial score (nSPS) is 10.5. The van der Waals surface area contributed by atoms with Gasteiger partial charge in [0.15, 0.2) is 6.61 Å². The van der Waals surface area contributed by atoms with Crippen molar-refractivity contribution in [1.29, 1.82) is 0 Å². The number of amides is 1. The number of aryl methyl sites for hydroxylation is 1. The van der Waals surface area contributed by atoms with Gasteiger partial charge in [-0.2, -0.15) is 5.10 Å². The van der Waals surface area contributed by atoms with E-state index < -0.39 is 0 Å². The van der Waals surface area contributed by atoms with Crippen LogP contribution in [0.5, 0.6) is 5.75 Å². The molecule has 3 aromatic rings. The van der Waals surface area contributed by atoms with E-state index in [1.165, 1.54) is 0 Å². The minimum absolute atomic E-state index is 0.0638. The lowest BCUT2D eigenvalue weighted by Crippen LogP contribution is -2.28. The maximum atomic E-state index is 11.9. The van der Waals surface area contributed by atoms with Gasteiger partial charge in [0.05, 0.1) is 17.9 Å². The SMILES string of the molecule is Cn1nc(CNC(=O)COc2ccc(Cl)cc2)cc1-c1ccncc1. The summed E-state index contributed by atoms with van der Waals surface area (Å²) in [5.74, 6) is 0.378. The van der Waals surface area contributed by atoms with Crippen molar-refractivity contribution in [1.82, 2.24) is 20.1 Å². The van der Waals surface area contributed by atoms with Gasteiger partial charge in [-0.3, -0.25) is 14.5 Å². The lowest BCUT2D eigenvalue weighted by molar-refractivity contribution is -0.123. The van der Waals surface area contributed by atoms with E-state index >= 15 is 0 Å². The Morgan fingerprint density at radius 2 is 1.92 bits per heavy atom. The molecule has 1 aromatic carbocycles. The lowest BCUT2D eigenvalue weighted by atomic mass is 10.2. The van der Waals surface area contributed by atoms with E-state index in [4.69, 9.17) is 16.3 Å². The number of ether oxygens (including phenoxy) is 1. The summed E-state index contributed by atoms with van der Waals surface area (Å²) in [5, 5.41) is 7.83. The van der Waals surface area contributed by atoms with E-state index in [0.717, 1.165) is 17.0 Å². The Labute approximate surface area is 150 Å². The molecule has 6 nitrogen and oxygen atoms in total.